The first-order valence-electron chi connectivity index (χ1n) is 13.7. The summed E-state index contributed by atoms with van der Waals surface area (Å²) >= 11 is 0. The van der Waals surface area contributed by atoms with Gasteiger partial charge in [0, 0.05) is 18.4 Å². The van der Waals surface area contributed by atoms with Crippen LogP contribution in [0.1, 0.15) is 55.7 Å². The molecule has 3 N–H and O–H groups in total. The van der Waals surface area contributed by atoms with Gasteiger partial charge >= 0.3 is 12.1 Å². The van der Waals surface area contributed by atoms with Gasteiger partial charge in [-0.2, -0.15) is 0 Å². The molecular formula is C32H36N2O6. The monoisotopic (exact) mass is 544 g/mol. The molecule has 4 rings (SSSR count). The van der Waals surface area contributed by atoms with Gasteiger partial charge in [-0.05, 0) is 47.6 Å². The van der Waals surface area contributed by atoms with Gasteiger partial charge in [0.25, 0.3) is 0 Å². The summed E-state index contributed by atoms with van der Waals surface area (Å²) in [4.78, 5) is 37.1. The van der Waals surface area contributed by atoms with Crippen molar-refractivity contribution in [2.24, 2.45) is 0 Å². The van der Waals surface area contributed by atoms with E-state index in [9.17, 15) is 19.5 Å². The second-order valence-corrected chi connectivity index (χ2v) is 10.00. The van der Waals surface area contributed by atoms with Crippen LogP contribution in [0.15, 0.2) is 78.9 Å². The molecule has 0 radical (unpaired) electrons. The molecule has 3 aromatic rings. The second-order valence-electron chi connectivity index (χ2n) is 10.00. The van der Waals surface area contributed by atoms with E-state index in [0.29, 0.717) is 12.8 Å². The van der Waals surface area contributed by atoms with E-state index in [-0.39, 0.29) is 31.6 Å². The number of carboxylic acid groups (broad SMARTS) is 1. The van der Waals surface area contributed by atoms with Crippen molar-refractivity contribution < 1.29 is 29.0 Å². The first-order chi connectivity index (χ1) is 19.4. The van der Waals surface area contributed by atoms with Gasteiger partial charge in [-0.3, -0.25) is 4.79 Å². The highest BCUT2D eigenvalue weighted by atomic mass is 16.5. The average molecular weight is 545 g/mol. The van der Waals surface area contributed by atoms with E-state index < -0.39 is 30.1 Å². The minimum atomic E-state index is -1.19. The van der Waals surface area contributed by atoms with Crippen LogP contribution in [0.2, 0.25) is 0 Å². The van der Waals surface area contributed by atoms with Crippen molar-refractivity contribution >= 4 is 18.0 Å². The lowest BCUT2D eigenvalue weighted by atomic mass is 9.98. The summed E-state index contributed by atoms with van der Waals surface area (Å²) in [5, 5.41) is 15.0. The summed E-state index contributed by atoms with van der Waals surface area (Å²) in [6, 6.07) is 24.2. The van der Waals surface area contributed by atoms with Crippen molar-refractivity contribution in [1.29, 1.82) is 0 Å². The highest BCUT2D eigenvalue weighted by molar-refractivity contribution is 5.84. The molecule has 0 heterocycles. The number of ether oxygens (including phenoxy) is 2. The number of benzene rings is 3. The van der Waals surface area contributed by atoms with Crippen molar-refractivity contribution in [2.45, 2.75) is 63.8 Å². The average Bonchev–Trinajstić information content (AvgIpc) is 3.29. The minimum Gasteiger partial charge on any atom is -0.480 e. The van der Waals surface area contributed by atoms with Crippen LogP contribution in [-0.2, 0) is 25.7 Å². The third kappa shape index (κ3) is 7.27. The van der Waals surface area contributed by atoms with Crippen LogP contribution >= 0.6 is 0 Å². The van der Waals surface area contributed by atoms with E-state index in [1.807, 2.05) is 61.5 Å². The van der Waals surface area contributed by atoms with Crippen molar-refractivity contribution in [3.8, 4) is 11.1 Å². The third-order valence-electron chi connectivity index (χ3n) is 7.29. The smallest absolute Gasteiger partial charge is 0.407 e. The fourth-order valence-electron chi connectivity index (χ4n) is 5.01. The zero-order valence-electron chi connectivity index (χ0n) is 22.8. The molecule has 40 heavy (non-hydrogen) atoms. The summed E-state index contributed by atoms with van der Waals surface area (Å²) < 4.78 is 11.3. The zero-order chi connectivity index (χ0) is 28.5. The maximum absolute atomic E-state index is 12.7. The molecule has 1 aliphatic carbocycles. The molecule has 0 bridgehead atoms. The van der Waals surface area contributed by atoms with E-state index in [1.54, 1.807) is 6.92 Å². The van der Waals surface area contributed by atoms with Crippen LogP contribution in [0.4, 0.5) is 4.79 Å². The van der Waals surface area contributed by atoms with Gasteiger partial charge in [0.1, 0.15) is 6.61 Å². The lowest BCUT2D eigenvalue weighted by molar-refractivity contribution is -0.146. The normalized spacial score (nSPS) is 14.3. The van der Waals surface area contributed by atoms with Crippen molar-refractivity contribution in [3.05, 3.63) is 95.6 Å². The predicted molar refractivity (Wildman–Crippen MR) is 152 cm³/mol. The lowest BCUT2D eigenvalue weighted by Crippen LogP contribution is -2.49. The molecule has 0 aliphatic heterocycles. The van der Waals surface area contributed by atoms with Gasteiger partial charge in [0.2, 0.25) is 5.91 Å². The first-order valence-corrected chi connectivity index (χ1v) is 13.7. The van der Waals surface area contributed by atoms with Crippen molar-refractivity contribution in [1.82, 2.24) is 10.6 Å². The van der Waals surface area contributed by atoms with Crippen LogP contribution in [0.25, 0.3) is 11.1 Å². The number of alkyl carbamates (subject to hydrolysis) is 1. The molecular weight excluding hydrogens is 508 g/mol. The zero-order valence-corrected chi connectivity index (χ0v) is 22.8. The summed E-state index contributed by atoms with van der Waals surface area (Å²) in [5.74, 6) is -1.63. The fourth-order valence-corrected chi connectivity index (χ4v) is 5.01. The third-order valence-corrected chi connectivity index (χ3v) is 7.29. The summed E-state index contributed by atoms with van der Waals surface area (Å²) in [7, 11) is 0. The molecule has 3 aromatic carbocycles. The largest absolute Gasteiger partial charge is 0.480 e. The number of carbonyl (C=O) groups excluding carboxylic acids is 2. The molecule has 0 saturated heterocycles. The van der Waals surface area contributed by atoms with E-state index in [0.717, 1.165) is 27.8 Å². The predicted octanol–water partition coefficient (Wildman–Crippen LogP) is 5.26. The number of carbonyl (C=O) groups is 3. The van der Waals surface area contributed by atoms with Crippen LogP contribution in [0.5, 0.6) is 0 Å². The summed E-state index contributed by atoms with van der Waals surface area (Å²) in [6.45, 7) is 3.98. The summed E-state index contributed by atoms with van der Waals surface area (Å²) in [5.41, 5.74) is 5.49. The molecule has 0 fully saturated rings. The fraction of sp³-hybridized carbons (Fsp3) is 0.344. The van der Waals surface area contributed by atoms with Crippen LogP contribution in [-0.4, -0.2) is 47.9 Å². The van der Waals surface area contributed by atoms with Gasteiger partial charge < -0.3 is 25.2 Å². The standard InChI is InChI=1S/C32H36N2O6/c1-3-23(17-18-29(35)34-30(31(36)37)21(2)39-19-22-11-5-4-6-12-22)33-32(38)40-20-28-26-15-9-7-13-24(26)25-14-8-10-16-27(25)28/h4-16,21,23,28,30H,3,17-20H2,1-2H3,(H,33,38)(H,34,35)(H,36,37)/t21-,23?,30+/m0/s1. The second kappa shape index (κ2) is 13.8. The van der Waals surface area contributed by atoms with Crippen molar-refractivity contribution in [2.75, 3.05) is 6.61 Å². The topological polar surface area (TPSA) is 114 Å². The molecule has 0 spiro atoms. The Morgan fingerprint density at radius 3 is 2.08 bits per heavy atom. The number of amides is 2. The van der Waals surface area contributed by atoms with E-state index in [1.165, 1.54) is 0 Å². The SMILES string of the molecule is CCC(CCC(=O)N[C@@H](C(=O)O)[C@H](C)OCc1ccccc1)NC(=O)OCC1c2ccccc2-c2ccccc21. The summed E-state index contributed by atoms with van der Waals surface area (Å²) in [6.07, 6.45) is -0.283. The lowest BCUT2D eigenvalue weighted by Gasteiger charge is -2.23. The van der Waals surface area contributed by atoms with Gasteiger partial charge in [-0.15, -0.1) is 0 Å². The van der Waals surface area contributed by atoms with Crippen LogP contribution < -0.4 is 10.6 Å². The van der Waals surface area contributed by atoms with Gasteiger partial charge in [-0.1, -0.05) is 85.8 Å². The van der Waals surface area contributed by atoms with E-state index in [2.05, 4.69) is 34.9 Å². The molecule has 3 atom stereocenters. The Balaban J connectivity index is 1.24. The van der Waals surface area contributed by atoms with E-state index >= 15 is 0 Å². The Morgan fingerprint density at radius 1 is 0.875 bits per heavy atom. The van der Waals surface area contributed by atoms with Gasteiger partial charge in [0.15, 0.2) is 6.04 Å². The number of nitrogens with one attached hydrogen (secondary N) is 2. The maximum atomic E-state index is 12.7. The molecule has 2 amide bonds. The Morgan fingerprint density at radius 2 is 1.48 bits per heavy atom. The molecule has 8 nitrogen and oxygen atoms in total. The van der Waals surface area contributed by atoms with Crippen LogP contribution in [0, 0.1) is 0 Å². The number of fused-ring (bicyclic) bond motifs is 3. The number of hydrogen-bond donors (Lipinski definition) is 3. The Bertz CT molecular complexity index is 1270. The van der Waals surface area contributed by atoms with E-state index in [4.69, 9.17) is 9.47 Å². The van der Waals surface area contributed by atoms with Crippen LogP contribution in [0.3, 0.4) is 0 Å². The molecule has 1 unspecified atom stereocenters. The number of rotatable bonds is 13. The number of hydrogen-bond acceptors (Lipinski definition) is 5. The molecule has 1 aliphatic rings. The highest BCUT2D eigenvalue weighted by Crippen LogP contribution is 2.44. The molecule has 210 valence electrons. The quantitative estimate of drug-likeness (QED) is 0.271. The highest BCUT2D eigenvalue weighted by Gasteiger charge is 2.30. The van der Waals surface area contributed by atoms with Crippen molar-refractivity contribution in [3.63, 3.8) is 0 Å². The Labute approximate surface area is 234 Å². The molecule has 0 saturated carbocycles. The maximum Gasteiger partial charge on any atom is 0.407 e. The number of carboxylic acids is 1. The first kappa shape index (κ1) is 28.8. The Kier molecular flexibility index (Phi) is 9.91. The Hall–Kier alpha value is -4.17. The number of aliphatic carboxylic acids is 1. The van der Waals surface area contributed by atoms with Gasteiger partial charge in [0.05, 0.1) is 12.7 Å². The minimum absolute atomic E-state index is 0.0388. The molecule has 8 heteroatoms. The molecule has 0 aromatic heterocycles. The van der Waals surface area contributed by atoms with Gasteiger partial charge in [-0.25, -0.2) is 9.59 Å².